The molecule has 2 aromatic heterocycles. The van der Waals surface area contributed by atoms with Gasteiger partial charge in [0.25, 0.3) is 5.82 Å². The maximum atomic E-state index is 5.04. The molecular formula is C30H28Cl2N8. The topological polar surface area (TPSA) is 69.8 Å². The van der Waals surface area contributed by atoms with E-state index in [1.165, 1.54) is 0 Å². The van der Waals surface area contributed by atoms with Crippen molar-refractivity contribution in [1.29, 1.82) is 0 Å². The van der Waals surface area contributed by atoms with E-state index in [0.717, 1.165) is 68.4 Å². The van der Waals surface area contributed by atoms with Crippen molar-refractivity contribution in [3.8, 4) is 0 Å². The molecule has 0 aromatic carbocycles. The van der Waals surface area contributed by atoms with Crippen molar-refractivity contribution in [3.05, 3.63) is 120 Å². The zero-order valence-electron chi connectivity index (χ0n) is 22.5. The predicted octanol–water partition coefficient (Wildman–Crippen LogP) is -4.03. The normalized spacial score (nSPS) is 18.6. The Balaban J connectivity index is 0.00000161. The van der Waals surface area contributed by atoms with Gasteiger partial charge in [-0.05, 0) is 42.5 Å². The molecule has 2 N–H and O–H groups in total. The van der Waals surface area contributed by atoms with E-state index in [1.54, 1.807) is 0 Å². The van der Waals surface area contributed by atoms with Crippen LogP contribution in [0.4, 0.5) is 0 Å². The number of aromatic amines is 1. The molecular weight excluding hydrogens is 543 g/mol. The highest BCUT2D eigenvalue weighted by molar-refractivity contribution is 6.32. The van der Waals surface area contributed by atoms with E-state index in [-0.39, 0.29) is 24.8 Å². The van der Waals surface area contributed by atoms with Crippen molar-refractivity contribution in [2.75, 3.05) is 14.1 Å². The predicted molar refractivity (Wildman–Crippen MR) is 150 cm³/mol. The second-order valence-corrected chi connectivity index (χ2v) is 9.89. The van der Waals surface area contributed by atoms with Crippen LogP contribution in [0.15, 0.2) is 112 Å². The minimum atomic E-state index is 0. The van der Waals surface area contributed by atoms with Crippen molar-refractivity contribution < 1.29 is 34.4 Å². The lowest BCUT2D eigenvalue weighted by Crippen LogP contribution is -3.00. The van der Waals surface area contributed by atoms with Crippen molar-refractivity contribution >= 4 is 34.4 Å². The summed E-state index contributed by atoms with van der Waals surface area (Å²) in [6, 6.07) is 4.21. The van der Waals surface area contributed by atoms with Crippen molar-refractivity contribution in [2.24, 2.45) is 24.1 Å². The number of rotatable bonds is 1. The number of aliphatic imine (C=N–C) groups is 2. The molecule has 5 aliphatic heterocycles. The van der Waals surface area contributed by atoms with Gasteiger partial charge in [0.05, 0.1) is 48.2 Å². The molecule has 0 radical (unpaired) electrons. The molecule has 10 heteroatoms. The van der Waals surface area contributed by atoms with Gasteiger partial charge in [-0.25, -0.2) is 24.1 Å². The van der Waals surface area contributed by atoms with Gasteiger partial charge in [0.1, 0.15) is 18.2 Å². The number of halogens is 2. The van der Waals surface area contributed by atoms with Gasteiger partial charge in [0.15, 0.2) is 5.57 Å². The summed E-state index contributed by atoms with van der Waals surface area (Å²) in [4.78, 5) is 21.6. The monoisotopic (exact) mass is 570 g/mol. The summed E-state index contributed by atoms with van der Waals surface area (Å²) in [6.45, 7) is 0. The largest absolute Gasteiger partial charge is 1.00 e. The quantitative estimate of drug-likeness (QED) is 0.343. The number of nitrogens with one attached hydrogen (secondary N) is 2. The molecule has 0 saturated carbocycles. The third kappa shape index (κ3) is 4.45. The number of nitrogens with zero attached hydrogens (tertiary/aromatic N) is 6. The van der Waals surface area contributed by atoms with Gasteiger partial charge in [-0.2, -0.15) is 0 Å². The maximum absolute atomic E-state index is 5.04. The zero-order chi connectivity index (χ0) is 26.0. The first-order valence-electron chi connectivity index (χ1n) is 12.6. The fourth-order valence-electron chi connectivity index (χ4n) is 5.43. The molecule has 0 spiro atoms. The van der Waals surface area contributed by atoms with E-state index in [2.05, 4.69) is 143 Å². The molecule has 7 rings (SSSR count). The number of aryl methyl sites for hydroxylation is 2. The van der Waals surface area contributed by atoms with E-state index in [9.17, 15) is 0 Å². The lowest BCUT2D eigenvalue weighted by Gasteiger charge is -2.22. The average molecular weight is 572 g/mol. The van der Waals surface area contributed by atoms with Crippen molar-refractivity contribution in [1.82, 2.24) is 19.4 Å². The van der Waals surface area contributed by atoms with E-state index < -0.39 is 0 Å². The van der Waals surface area contributed by atoms with E-state index in [0.29, 0.717) is 0 Å². The molecule has 8 bridgehead atoms. The maximum Gasteiger partial charge on any atom is 0.297 e. The summed E-state index contributed by atoms with van der Waals surface area (Å²) in [5, 5.41) is 0. The third-order valence-electron chi connectivity index (χ3n) is 7.21. The van der Waals surface area contributed by atoms with Crippen LogP contribution in [0.25, 0.3) is 17.2 Å². The standard InChI is InChI=1S/C30H27N8.2ClH/c1-35-13-14-36(2)29(35)27-23-9-5-19(31-23)17-21-7-11-25(33-21)28(30-37(3)15-16-38(30)4)26-12-8-22(34-26)18-20-6-10-24(27)32-20;;/h5-18,31H,1-4H3;2*1H/q+1;;/p-1. The first kappa shape index (κ1) is 27.2. The third-order valence-corrected chi connectivity index (χ3v) is 7.21. The number of allylic oxidation sites excluding steroid dienone is 9. The van der Waals surface area contributed by atoms with Crippen LogP contribution in [0.5, 0.6) is 0 Å². The minimum Gasteiger partial charge on any atom is -1.00 e. The van der Waals surface area contributed by atoms with Crippen LogP contribution < -0.4 is 34.4 Å². The van der Waals surface area contributed by atoms with E-state index in [1.807, 2.05) is 0 Å². The Kier molecular flexibility index (Phi) is 6.99. The van der Waals surface area contributed by atoms with Crippen LogP contribution in [0.3, 0.4) is 0 Å². The Hall–Kier alpha value is -4.40. The van der Waals surface area contributed by atoms with Gasteiger partial charge < -0.3 is 39.6 Å². The number of hydrogen-bond acceptors (Lipinski definition) is 4. The summed E-state index contributed by atoms with van der Waals surface area (Å²) >= 11 is 0. The molecule has 0 fully saturated rings. The van der Waals surface area contributed by atoms with Crippen LogP contribution in [-0.4, -0.2) is 50.6 Å². The van der Waals surface area contributed by atoms with Gasteiger partial charge in [-0.1, -0.05) is 0 Å². The zero-order valence-corrected chi connectivity index (χ0v) is 24.0. The first-order valence-corrected chi connectivity index (χ1v) is 12.6. The number of aromatic nitrogens is 3. The lowest BCUT2D eigenvalue weighted by molar-refractivity contribution is -0.673. The lowest BCUT2D eigenvalue weighted by atomic mass is 10.1. The van der Waals surface area contributed by atoms with Crippen molar-refractivity contribution in [2.45, 2.75) is 0 Å². The van der Waals surface area contributed by atoms with Gasteiger partial charge in [-0.15, -0.1) is 0 Å². The molecule has 202 valence electrons. The molecule has 8 nitrogen and oxygen atoms in total. The van der Waals surface area contributed by atoms with Gasteiger partial charge in [0, 0.05) is 50.4 Å². The minimum absolute atomic E-state index is 0. The first-order chi connectivity index (χ1) is 18.4. The SMILES string of the molecule is CN1C=CN(C)C1=C1C2=NC(=CC3=[NH+]C(=C(c4n(C)cc[n+]4C)C4=NC(=Cc5ccc1[nH]5)C=C4)C=C3)C=C2.[Cl-].[Cl-]. The Morgan fingerprint density at radius 1 is 0.800 bits per heavy atom. The number of imidazole rings is 1. The highest BCUT2D eigenvalue weighted by atomic mass is 35.5. The Morgan fingerprint density at radius 2 is 1.48 bits per heavy atom. The van der Waals surface area contributed by atoms with Crippen LogP contribution in [0.2, 0.25) is 0 Å². The summed E-state index contributed by atoms with van der Waals surface area (Å²) in [6.07, 6.45) is 24.9. The molecule has 0 aliphatic carbocycles. The number of fused-ring (bicyclic) bond motifs is 5. The van der Waals surface area contributed by atoms with Gasteiger partial charge in [0.2, 0.25) is 11.4 Å². The average Bonchev–Trinajstić information content (AvgIpc) is 3.73. The van der Waals surface area contributed by atoms with Crippen LogP contribution >= 0.6 is 0 Å². The van der Waals surface area contributed by atoms with E-state index in [4.69, 9.17) is 9.98 Å². The Bertz CT molecular complexity index is 1730. The molecule has 0 unspecified atom stereocenters. The van der Waals surface area contributed by atoms with Crippen LogP contribution in [0, 0.1) is 0 Å². The number of hydrogen-bond donors (Lipinski definition) is 2. The van der Waals surface area contributed by atoms with Gasteiger partial charge >= 0.3 is 0 Å². The second-order valence-electron chi connectivity index (χ2n) is 9.89. The molecule has 5 aliphatic rings. The Labute approximate surface area is 245 Å². The number of H-pyrrole nitrogens is 1. The van der Waals surface area contributed by atoms with Crippen molar-refractivity contribution in [3.63, 3.8) is 0 Å². The molecule has 0 atom stereocenters. The van der Waals surface area contributed by atoms with Crippen LogP contribution in [-0.2, 0) is 14.1 Å². The highest BCUT2D eigenvalue weighted by Crippen LogP contribution is 2.31. The Morgan fingerprint density at radius 3 is 2.15 bits per heavy atom. The fraction of sp³-hybridized carbons (Fsp3) is 0.133. The molecule has 0 amide bonds. The van der Waals surface area contributed by atoms with E-state index >= 15 is 0 Å². The molecule has 0 saturated heterocycles. The fourth-order valence-corrected chi connectivity index (χ4v) is 5.43. The van der Waals surface area contributed by atoms with Gasteiger partial charge in [-0.3, -0.25) is 0 Å². The molecule has 2 aromatic rings. The summed E-state index contributed by atoms with van der Waals surface area (Å²) in [5.74, 6) is 2.13. The second kappa shape index (κ2) is 10.3. The molecule has 7 heterocycles. The van der Waals surface area contributed by atoms with Crippen LogP contribution in [0.1, 0.15) is 17.2 Å². The highest BCUT2D eigenvalue weighted by Gasteiger charge is 2.31. The molecule has 40 heavy (non-hydrogen) atoms. The summed E-state index contributed by atoms with van der Waals surface area (Å²) < 4.78 is 4.25. The summed E-state index contributed by atoms with van der Waals surface area (Å²) in [7, 11) is 8.24. The smallest absolute Gasteiger partial charge is 0.297 e. The summed E-state index contributed by atoms with van der Waals surface area (Å²) in [5.41, 5.74) is 9.68.